The van der Waals surface area contributed by atoms with E-state index in [0.717, 1.165) is 18.7 Å². The van der Waals surface area contributed by atoms with Gasteiger partial charge in [0, 0.05) is 11.4 Å². The van der Waals surface area contributed by atoms with E-state index in [4.69, 9.17) is 4.74 Å². The van der Waals surface area contributed by atoms with Crippen LogP contribution in [-0.2, 0) is 11.3 Å². The number of amides is 1. The van der Waals surface area contributed by atoms with Crippen molar-refractivity contribution in [1.82, 2.24) is 4.98 Å². The number of aromatic nitrogens is 1. The van der Waals surface area contributed by atoms with Crippen molar-refractivity contribution in [3.8, 4) is 5.75 Å². The highest BCUT2D eigenvalue weighted by Gasteiger charge is 2.19. The average molecular weight is 418 g/mol. The van der Waals surface area contributed by atoms with Crippen LogP contribution in [0.15, 0.2) is 41.8 Å². The molecule has 6 nitrogen and oxygen atoms in total. The molecule has 0 radical (unpaired) electrons. The molecule has 1 aromatic heterocycles. The first-order valence-corrected chi connectivity index (χ1v) is 9.28. The van der Waals surface area contributed by atoms with Crippen LogP contribution in [0.3, 0.4) is 0 Å². The minimum atomic E-state index is -1.09. The van der Waals surface area contributed by atoms with Crippen LogP contribution in [0.2, 0.25) is 0 Å². The molecule has 0 aliphatic carbocycles. The number of methoxy groups -OCH3 is 1. The average Bonchev–Trinajstić information content (AvgIpc) is 3.18. The van der Waals surface area contributed by atoms with Crippen LogP contribution in [0.1, 0.15) is 31.4 Å². The highest BCUT2D eigenvalue weighted by Crippen LogP contribution is 2.22. The summed E-state index contributed by atoms with van der Waals surface area (Å²) in [6.07, 6.45) is 0. The minimum Gasteiger partial charge on any atom is -0.486 e. The summed E-state index contributed by atoms with van der Waals surface area (Å²) in [4.78, 5) is 28.0. The third kappa shape index (κ3) is 4.94. The number of esters is 1. The van der Waals surface area contributed by atoms with E-state index in [1.165, 1.54) is 16.7 Å². The summed E-state index contributed by atoms with van der Waals surface area (Å²) in [5, 5.41) is 4.32. The molecule has 0 bridgehead atoms. The van der Waals surface area contributed by atoms with E-state index in [2.05, 4.69) is 15.0 Å². The normalized spacial score (nSPS) is 10.5. The Morgan fingerprint density at radius 2 is 1.86 bits per heavy atom. The second kappa shape index (κ2) is 8.78. The van der Waals surface area contributed by atoms with Gasteiger partial charge in [0.15, 0.2) is 0 Å². The number of carbonyl (C=O) groups excluding carboxylic acids is 2. The van der Waals surface area contributed by atoms with Crippen molar-refractivity contribution in [3.05, 3.63) is 75.2 Å². The smallest absolute Gasteiger partial charge is 0.340 e. The number of benzene rings is 2. The molecule has 1 heterocycles. The molecule has 2 aromatic carbocycles. The van der Waals surface area contributed by atoms with E-state index in [1.807, 2.05) is 31.2 Å². The summed E-state index contributed by atoms with van der Waals surface area (Å²) in [6.45, 7) is 2.13. The Balaban J connectivity index is 1.68. The third-order valence-corrected chi connectivity index (χ3v) is 4.70. The Morgan fingerprint density at radius 3 is 2.55 bits per heavy atom. The number of hydrogen-bond donors (Lipinski definition) is 1. The van der Waals surface area contributed by atoms with E-state index in [1.54, 1.807) is 0 Å². The molecular weight excluding hydrogens is 402 g/mol. The van der Waals surface area contributed by atoms with Gasteiger partial charge in [-0.25, -0.2) is 18.6 Å². The van der Waals surface area contributed by atoms with Crippen LogP contribution in [0.4, 0.5) is 14.5 Å². The molecule has 9 heteroatoms. The first-order chi connectivity index (χ1) is 13.9. The maximum absolute atomic E-state index is 14.0. The van der Waals surface area contributed by atoms with Crippen molar-refractivity contribution in [1.29, 1.82) is 0 Å². The lowest BCUT2D eigenvalue weighted by Crippen LogP contribution is -2.15. The molecule has 0 unspecified atom stereocenters. The number of nitrogens with one attached hydrogen (secondary N) is 1. The number of aryl methyl sites for hydroxylation is 1. The number of thiazole rings is 1. The lowest BCUT2D eigenvalue weighted by atomic mass is 10.1. The SMILES string of the molecule is COC(=O)c1cc(NC(=O)c2csc(COc3ccc(C)cc3)n2)c(F)cc1F. The Labute approximate surface area is 169 Å². The van der Waals surface area contributed by atoms with E-state index in [-0.39, 0.29) is 18.0 Å². The van der Waals surface area contributed by atoms with Crippen molar-refractivity contribution in [2.75, 3.05) is 12.4 Å². The summed E-state index contributed by atoms with van der Waals surface area (Å²) in [6, 6.07) is 8.86. The molecule has 1 N–H and O–H groups in total. The quantitative estimate of drug-likeness (QED) is 0.603. The molecule has 0 saturated heterocycles. The number of anilines is 1. The van der Waals surface area contributed by atoms with Crippen LogP contribution in [-0.4, -0.2) is 24.0 Å². The molecule has 0 fully saturated rings. The first kappa shape index (κ1) is 20.4. The third-order valence-electron chi connectivity index (χ3n) is 3.88. The molecule has 0 aliphatic heterocycles. The Bertz CT molecular complexity index is 1050. The number of ether oxygens (including phenoxy) is 2. The van der Waals surface area contributed by atoms with E-state index < -0.39 is 29.1 Å². The zero-order valence-corrected chi connectivity index (χ0v) is 16.3. The minimum absolute atomic E-state index is 0.0425. The van der Waals surface area contributed by atoms with Crippen molar-refractivity contribution < 1.29 is 27.8 Å². The zero-order chi connectivity index (χ0) is 21.0. The summed E-state index contributed by atoms with van der Waals surface area (Å²) in [7, 11) is 1.07. The number of halogens is 2. The fourth-order valence-corrected chi connectivity index (χ4v) is 3.04. The summed E-state index contributed by atoms with van der Waals surface area (Å²) < 4.78 is 37.7. The van der Waals surface area contributed by atoms with Gasteiger partial charge in [-0.1, -0.05) is 17.7 Å². The molecule has 0 spiro atoms. The Hall–Kier alpha value is -3.33. The van der Waals surface area contributed by atoms with Gasteiger partial charge in [-0.2, -0.15) is 0 Å². The van der Waals surface area contributed by atoms with Gasteiger partial charge in [0.05, 0.1) is 18.4 Å². The Morgan fingerprint density at radius 1 is 1.14 bits per heavy atom. The maximum atomic E-state index is 14.0. The van der Waals surface area contributed by atoms with E-state index in [9.17, 15) is 18.4 Å². The molecular formula is C20H16F2N2O4S. The zero-order valence-electron chi connectivity index (χ0n) is 15.5. The van der Waals surface area contributed by atoms with Crippen molar-refractivity contribution in [2.24, 2.45) is 0 Å². The maximum Gasteiger partial charge on any atom is 0.340 e. The summed E-state index contributed by atoms with van der Waals surface area (Å²) >= 11 is 1.20. The predicted octanol–water partition coefficient (Wildman–Crippen LogP) is 4.35. The number of carbonyl (C=O) groups is 2. The van der Waals surface area contributed by atoms with Crippen LogP contribution >= 0.6 is 11.3 Å². The molecule has 0 aliphatic rings. The highest BCUT2D eigenvalue weighted by atomic mass is 32.1. The van der Waals surface area contributed by atoms with Crippen LogP contribution in [0, 0.1) is 18.6 Å². The van der Waals surface area contributed by atoms with Gasteiger partial charge in [0.2, 0.25) is 0 Å². The van der Waals surface area contributed by atoms with E-state index in [0.29, 0.717) is 16.8 Å². The lowest BCUT2D eigenvalue weighted by Gasteiger charge is -2.08. The summed E-state index contributed by atoms with van der Waals surface area (Å²) in [5.74, 6) is -3.13. The monoisotopic (exact) mass is 418 g/mol. The fraction of sp³-hybridized carbons (Fsp3) is 0.150. The van der Waals surface area contributed by atoms with Crippen LogP contribution in [0.5, 0.6) is 5.75 Å². The molecule has 1 amide bonds. The molecule has 3 aromatic rings. The second-order valence-corrected chi connectivity index (χ2v) is 6.93. The second-order valence-electron chi connectivity index (χ2n) is 5.99. The number of rotatable bonds is 6. The van der Waals surface area contributed by atoms with Gasteiger partial charge >= 0.3 is 5.97 Å². The number of nitrogens with zero attached hydrogens (tertiary/aromatic N) is 1. The lowest BCUT2D eigenvalue weighted by molar-refractivity contribution is 0.0595. The van der Waals surface area contributed by atoms with E-state index >= 15 is 0 Å². The first-order valence-electron chi connectivity index (χ1n) is 8.40. The predicted molar refractivity (Wildman–Crippen MR) is 103 cm³/mol. The van der Waals surface area contributed by atoms with Crippen LogP contribution < -0.4 is 10.1 Å². The van der Waals surface area contributed by atoms with Crippen molar-refractivity contribution in [2.45, 2.75) is 13.5 Å². The molecule has 150 valence electrons. The van der Waals surface area contributed by atoms with Crippen LogP contribution in [0.25, 0.3) is 0 Å². The van der Waals surface area contributed by atoms with Gasteiger partial charge < -0.3 is 14.8 Å². The van der Waals surface area contributed by atoms with Gasteiger partial charge in [-0.15, -0.1) is 11.3 Å². The summed E-state index contributed by atoms with van der Waals surface area (Å²) in [5.41, 5.74) is 0.298. The largest absolute Gasteiger partial charge is 0.486 e. The van der Waals surface area contributed by atoms with Gasteiger partial charge in [-0.3, -0.25) is 4.79 Å². The molecule has 0 atom stereocenters. The molecule has 3 rings (SSSR count). The van der Waals surface area contributed by atoms with Gasteiger partial charge in [0.25, 0.3) is 5.91 Å². The van der Waals surface area contributed by atoms with Gasteiger partial charge in [0.1, 0.15) is 34.7 Å². The fourth-order valence-electron chi connectivity index (χ4n) is 2.36. The highest BCUT2D eigenvalue weighted by molar-refractivity contribution is 7.09. The molecule has 0 saturated carbocycles. The van der Waals surface area contributed by atoms with Gasteiger partial charge in [-0.05, 0) is 25.1 Å². The standard InChI is InChI=1S/C20H16F2N2O4S/c1-11-3-5-12(6-4-11)28-9-18-23-17(10-29-18)19(25)24-16-7-13(20(26)27-2)14(21)8-15(16)22/h3-8,10H,9H2,1-2H3,(H,24,25). The Kier molecular flexibility index (Phi) is 6.18. The molecule has 29 heavy (non-hydrogen) atoms. The van der Waals surface area contributed by atoms with Crippen molar-refractivity contribution in [3.63, 3.8) is 0 Å². The number of hydrogen-bond acceptors (Lipinski definition) is 6. The topological polar surface area (TPSA) is 77.5 Å². The van der Waals surface area contributed by atoms with Crippen molar-refractivity contribution >= 4 is 28.9 Å².